The molecule has 1 aromatic heterocycles. The zero-order valence-corrected chi connectivity index (χ0v) is 13.5. The number of carbonyl (C=O) groups is 1. The van der Waals surface area contributed by atoms with Crippen molar-refractivity contribution in [3.63, 3.8) is 0 Å². The van der Waals surface area contributed by atoms with E-state index < -0.39 is 0 Å². The minimum absolute atomic E-state index is 0.00421. The Kier molecular flexibility index (Phi) is 5.72. The maximum Gasteiger partial charge on any atom is 0.248 e. The monoisotopic (exact) mass is 301 g/mol. The second kappa shape index (κ2) is 7.75. The molecule has 1 aromatic carbocycles. The summed E-state index contributed by atoms with van der Waals surface area (Å²) >= 11 is 0. The van der Waals surface area contributed by atoms with E-state index in [1.165, 1.54) is 0 Å². The van der Waals surface area contributed by atoms with E-state index in [0.29, 0.717) is 6.61 Å². The van der Waals surface area contributed by atoms with Gasteiger partial charge in [-0.2, -0.15) is 0 Å². The molecule has 0 aliphatic carbocycles. The Morgan fingerprint density at radius 3 is 2.82 bits per heavy atom. The van der Waals surface area contributed by atoms with E-state index in [1.54, 1.807) is 28.2 Å². The maximum absolute atomic E-state index is 12.7. The largest absolute Gasteiger partial charge is 0.361 e. The lowest BCUT2D eigenvalue weighted by Gasteiger charge is -2.26. The van der Waals surface area contributed by atoms with Crippen molar-refractivity contribution in [3.8, 4) is 0 Å². The molecule has 0 spiro atoms. The van der Waals surface area contributed by atoms with Gasteiger partial charge >= 0.3 is 0 Å². The summed E-state index contributed by atoms with van der Waals surface area (Å²) in [6, 6.07) is 6.11. The lowest BCUT2D eigenvalue weighted by atomic mass is 10.0. The van der Waals surface area contributed by atoms with Crippen molar-refractivity contribution in [1.82, 2.24) is 9.55 Å². The molecule has 5 nitrogen and oxygen atoms in total. The van der Waals surface area contributed by atoms with Gasteiger partial charge in [-0.05, 0) is 31.4 Å². The summed E-state index contributed by atoms with van der Waals surface area (Å²) in [7, 11) is 0. The number of hydrogen-bond acceptors (Lipinski definition) is 3. The average Bonchev–Trinajstić information content (AvgIpc) is 3.01. The number of hydrogen-bond donors (Lipinski definition) is 0. The lowest BCUT2D eigenvalue weighted by molar-refractivity contribution is -0.120. The molecule has 0 bridgehead atoms. The van der Waals surface area contributed by atoms with Gasteiger partial charge in [0.15, 0.2) is 0 Å². The highest BCUT2D eigenvalue weighted by molar-refractivity contribution is 5.94. The van der Waals surface area contributed by atoms with E-state index in [0.717, 1.165) is 23.2 Å². The highest BCUT2D eigenvalue weighted by atomic mass is 16.5. The van der Waals surface area contributed by atoms with E-state index in [4.69, 9.17) is 4.74 Å². The van der Waals surface area contributed by atoms with Gasteiger partial charge < -0.3 is 9.30 Å². The van der Waals surface area contributed by atoms with Gasteiger partial charge in [0, 0.05) is 19.0 Å². The summed E-state index contributed by atoms with van der Waals surface area (Å²) < 4.78 is 7.29. The second-order valence-electron chi connectivity index (χ2n) is 5.11. The highest BCUT2D eigenvalue weighted by Gasteiger charge is 2.20. The summed E-state index contributed by atoms with van der Waals surface area (Å²) in [4.78, 5) is 18.5. The molecular formula is C17H23N3O2. The third-order valence-corrected chi connectivity index (χ3v) is 3.57. The molecule has 118 valence electrons. The third-order valence-electron chi connectivity index (χ3n) is 3.57. The number of benzene rings is 1. The van der Waals surface area contributed by atoms with Crippen LogP contribution in [-0.4, -0.2) is 28.8 Å². The van der Waals surface area contributed by atoms with E-state index in [-0.39, 0.29) is 19.2 Å². The van der Waals surface area contributed by atoms with E-state index in [9.17, 15) is 4.79 Å². The van der Waals surface area contributed by atoms with Gasteiger partial charge in [-0.1, -0.05) is 25.1 Å². The van der Waals surface area contributed by atoms with Gasteiger partial charge in [0.1, 0.15) is 13.3 Å². The fourth-order valence-electron chi connectivity index (χ4n) is 2.46. The summed E-state index contributed by atoms with van der Waals surface area (Å²) in [6.45, 7) is 7.14. The van der Waals surface area contributed by atoms with Crippen LogP contribution in [0.4, 0.5) is 5.69 Å². The van der Waals surface area contributed by atoms with Crippen LogP contribution in [0.1, 0.15) is 25.0 Å². The second-order valence-corrected chi connectivity index (χ2v) is 5.11. The number of carbonyl (C=O) groups excluding carboxylic acids is 1. The molecule has 1 amide bonds. The minimum atomic E-state index is -0.00421. The van der Waals surface area contributed by atoms with Gasteiger partial charge in [-0.15, -0.1) is 0 Å². The van der Waals surface area contributed by atoms with Crippen LogP contribution < -0.4 is 4.90 Å². The summed E-state index contributed by atoms with van der Waals surface area (Å²) in [6.07, 6.45) is 5.98. The number of ether oxygens (including phenoxy) is 1. The topological polar surface area (TPSA) is 47.4 Å². The maximum atomic E-state index is 12.7. The van der Waals surface area contributed by atoms with Crippen LogP contribution in [-0.2, 0) is 22.5 Å². The molecule has 1 heterocycles. The van der Waals surface area contributed by atoms with Crippen molar-refractivity contribution in [2.45, 2.75) is 33.7 Å². The van der Waals surface area contributed by atoms with E-state index >= 15 is 0 Å². The Bertz CT molecular complexity index is 608. The average molecular weight is 301 g/mol. The van der Waals surface area contributed by atoms with Crippen LogP contribution >= 0.6 is 0 Å². The normalized spacial score (nSPS) is 10.7. The number of imidazole rings is 1. The van der Waals surface area contributed by atoms with Crippen molar-refractivity contribution in [2.75, 3.05) is 18.2 Å². The van der Waals surface area contributed by atoms with Gasteiger partial charge in [-0.3, -0.25) is 9.69 Å². The molecule has 0 N–H and O–H groups in total. The van der Waals surface area contributed by atoms with Crippen molar-refractivity contribution >= 4 is 11.6 Å². The minimum Gasteiger partial charge on any atom is -0.361 e. The predicted octanol–water partition coefficient (Wildman–Crippen LogP) is 2.78. The van der Waals surface area contributed by atoms with E-state index in [1.807, 2.05) is 26.0 Å². The first-order valence-corrected chi connectivity index (χ1v) is 7.59. The Balaban J connectivity index is 2.31. The molecule has 0 radical (unpaired) electrons. The van der Waals surface area contributed by atoms with Gasteiger partial charge in [-0.25, -0.2) is 4.98 Å². The number of anilines is 1. The highest BCUT2D eigenvalue weighted by Crippen LogP contribution is 2.26. The summed E-state index contributed by atoms with van der Waals surface area (Å²) in [5.74, 6) is -0.00421. The van der Waals surface area contributed by atoms with Crippen LogP contribution in [0.15, 0.2) is 36.9 Å². The van der Waals surface area contributed by atoms with Crippen LogP contribution in [0, 0.1) is 6.92 Å². The zero-order chi connectivity index (χ0) is 15.9. The molecular weight excluding hydrogens is 278 g/mol. The number of rotatable bonds is 7. The molecule has 2 aromatic rings. The van der Waals surface area contributed by atoms with Crippen LogP contribution in [0.5, 0.6) is 0 Å². The van der Waals surface area contributed by atoms with Crippen molar-refractivity contribution in [2.24, 2.45) is 0 Å². The first-order valence-electron chi connectivity index (χ1n) is 7.59. The molecule has 0 saturated carbocycles. The zero-order valence-electron chi connectivity index (χ0n) is 13.5. The smallest absolute Gasteiger partial charge is 0.248 e. The van der Waals surface area contributed by atoms with Crippen molar-refractivity contribution < 1.29 is 9.53 Å². The molecule has 0 unspecified atom stereocenters. The lowest BCUT2D eigenvalue weighted by Crippen LogP contribution is -2.37. The van der Waals surface area contributed by atoms with Crippen LogP contribution in [0.25, 0.3) is 0 Å². The van der Waals surface area contributed by atoms with Crippen molar-refractivity contribution in [1.29, 1.82) is 0 Å². The number of aromatic nitrogens is 2. The summed E-state index contributed by atoms with van der Waals surface area (Å²) in [5, 5.41) is 0. The Morgan fingerprint density at radius 1 is 1.36 bits per heavy atom. The molecule has 0 saturated heterocycles. The standard InChI is InChI=1S/C17H23N3O2/c1-4-15-8-6-7-14(3)17(15)20(13-22-5-2)16(21)11-19-10-9-18-12-19/h6-10,12H,4-5,11,13H2,1-3H3. The SMILES string of the molecule is CCOCN(C(=O)Cn1ccnc1)c1c(C)cccc1CC. The number of amides is 1. The fraction of sp³-hybridized carbons (Fsp3) is 0.412. The molecule has 2 rings (SSSR count). The number of aryl methyl sites for hydroxylation is 2. The summed E-state index contributed by atoms with van der Waals surface area (Å²) in [5.41, 5.74) is 3.19. The first kappa shape index (κ1) is 16.2. The predicted molar refractivity (Wildman–Crippen MR) is 86.8 cm³/mol. The Morgan fingerprint density at radius 2 is 2.18 bits per heavy atom. The third kappa shape index (κ3) is 3.74. The van der Waals surface area contributed by atoms with E-state index in [2.05, 4.69) is 18.0 Å². The first-order chi connectivity index (χ1) is 10.7. The molecule has 0 atom stereocenters. The van der Waals surface area contributed by atoms with Gasteiger partial charge in [0.05, 0.1) is 12.0 Å². The van der Waals surface area contributed by atoms with Gasteiger partial charge in [0.25, 0.3) is 0 Å². The molecule has 0 fully saturated rings. The van der Waals surface area contributed by atoms with Gasteiger partial charge in [0.2, 0.25) is 5.91 Å². The van der Waals surface area contributed by atoms with Crippen LogP contribution in [0.2, 0.25) is 0 Å². The quantitative estimate of drug-likeness (QED) is 0.739. The molecule has 22 heavy (non-hydrogen) atoms. The number of nitrogens with zero attached hydrogens (tertiary/aromatic N) is 3. The van der Waals surface area contributed by atoms with Crippen LogP contribution in [0.3, 0.4) is 0 Å². The fourth-order valence-corrected chi connectivity index (χ4v) is 2.46. The Labute approximate surface area is 131 Å². The van der Waals surface area contributed by atoms with Crippen molar-refractivity contribution in [3.05, 3.63) is 48.0 Å². The molecule has 0 aliphatic rings. The molecule has 5 heteroatoms. The molecule has 0 aliphatic heterocycles. The Hall–Kier alpha value is -2.14. The number of para-hydroxylation sites is 1.